The summed E-state index contributed by atoms with van der Waals surface area (Å²) in [4.78, 5) is 25.7. The van der Waals surface area contributed by atoms with E-state index in [4.69, 9.17) is 4.74 Å². The number of aromatic nitrogens is 2. The van der Waals surface area contributed by atoms with Crippen LogP contribution in [0, 0.1) is 5.82 Å². The topological polar surface area (TPSA) is 101 Å². The van der Waals surface area contributed by atoms with Gasteiger partial charge in [0, 0.05) is 29.8 Å². The van der Waals surface area contributed by atoms with E-state index in [0.717, 1.165) is 30.7 Å². The van der Waals surface area contributed by atoms with Crippen LogP contribution in [0.25, 0.3) is 5.57 Å². The molecule has 1 aromatic carbocycles. The van der Waals surface area contributed by atoms with E-state index in [0.29, 0.717) is 35.2 Å². The van der Waals surface area contributed by atoms with E-state index >= 15 is 4.39 Å². The molecule has 0 unspecified atom stereocenters. The van der Waals surface area contributed by atoms with Crippen LogP contribution in [-0.4, -0.2) is 39.8 Å². The van der Waals surface area contributed by atoms with E-state index < -0.39 is 23.2 Å². The number of benzene rings is 1. The zero-order valence-corrected chi connectivity index (χ0v) is 19.3. The first-order valence-corrected chi connectivity index (χ1v) is 11.6. The summed E-state index contributed by atoms with van der Waals surface area (Å²) in [6, 6.07) is 6.88. The normalized spacial score (nSPS) is 22.5. The molecule has 1 saturated carbocycles. The third-order valence-corrected chi connectivity index (χ3v) is 6.37. The molecule has 0 spiro atoms. The molecular formula is C24H27FN6O3. The fraction of sp³-hybridized carbons (Fsp3) is 0.458. The molecule has 2 amide bonds. The molecule has 178 valence electrons. The lowest BCUT2D eigenvalue weighted by atomic mass is 9.80. The van der Waals surface area contributed by atoms with Gasteiger partial charge in [0.15, 0.2) is 0 Å². The second-order valence-electron chi connectivity index (χ2n) is 9.14. The number of rotatable bonds is 8. The van der Waals surface area contributed by atoms with E-state index in [1.807, 2.05) is 16.9 Å². The molecular weight excluding hydrogens is 439 g/mol. The van der Waals surface area contributed by atoms with Gasteiger partial charge in [0.2, 0.25) is 0 Å². The van der Waals surface area contributed by atoms with E-state index in [-0.39, 0.29) is 18.7 Å². The minimum absolute atomic E-state index is 0.0877. The number of unbranched alkanes of at least 4 members (excludes halogenated alkanes) is 1. The van der Waals surface area contributed by atoms with E-state index in [1.165, 1.54) is 6.07 Å². The summed E-state index contributed by atoms with van der Waals surface area (Å²) in [6.45, 7) is 4.22. The molecule has 3 aliphatic rings. The molecule has 10 heteroatoms. The van der Waals surface area contributed by atoms with Crippen LogP contribution in [0.1, 0.15) is 63.3 Å². The van der Waals surface area contributed by atoms with Crippen molar-refractivity contribution >= 4 is 17.4 Å². The molecule has 34 heavy (non-hydrogen) atoms. The highest BCUT2D eigenvalue weighted by molar-refractivity contribution is 6.06. The monoisotopic (exact) mass is 466 g/mol. The lowest BCUT2D eigenvalue weighted by Gasteiger charge is -2.38. The summed E-state index contributed by atoms with van der Waals surface area (Å²) in [6.07, 6.45) is 6.08. The van der Waals surface area contributed by atoms with Gasteiger partial charge in [-0.1, -0.05) is 24.6 Å². The van der Waals surface area contributed by atoms with Crippen molar-refractivity contribution in [2.24, 2.45) is 10.3 Å². The lowest BCUT2D eigenvalue weighted by molar-refractivity contribution is -0.130. The van der Waals surface area contributed by atoms with Crippen LogP contribution >= 0.6 is 0 Å². The number of ether oxygens (including phenoxy) is 1. The zero-order valence-electron chi connectivity index (χ0n) is 19.3. The molecule has 0 radical (unpaired) electrons. The predicted octanol–water partition coefficient (Wildman–Crippen LogP) is 3.89. The highest BCUT2D eigenvalue weighted by Crippen LogP contribution is 2.42. The molecule has 5 rings (SSSR count). The third kappa shape index (κ3) is 4.08. The summed E-state index contributed by atoms with van der Waals surface area (Å²) in [5, 5.41) is 16.2. The summed E-state index contributed by atoms with van der Waals surface area (Å²) < 4.78 is 22.8. The minimum atomic E-state index is -1.06. The first kappa shape index (κ1) is 22.2. The van der Waals surface area contributed by atoms with Crippen molar-refractivity contribution in [3.05, 3.63) is 53.2 Å². The number of hydrogen-bond donors (Lipinski definition) is 1. The van der Waals surface area contributed by atoms with Gasteiger partial charge in [-0.05, 0) is 38.3 Å². The molecule has 1 aliphatic carbocycles. The van der Waals surface area contributed by atoms with Gasteiger partial charge >= 0.3 is 0 Å². The second-order valence-corrected chi connectivity index (χ2v) is 9.14. The summed E-state index contributed by atoms with van der Waals surface area (Å²) in [7, 11) is 0. The van der Waals surface area contributed by atoms with Crippen molar-refractivity contribution in [3.8, 4) is 5.75 Å². The van der Waals surface area contributed by atoms with Gasteiger partial charge in [0.25, 0.3) is 11.8 Å². The molecule has 2 aliphatic heterocycles. The molecule has 0 bridgehead atoms. The van der Waals surface area contributed by atoms with Gasteiger partial charge < -0.3 is 10.1 Å². The largest absolute Gasteiger partial charge is 0.493 e. The SMILES string of the molecule is CCCCOc1ccc([C@]2(C)CC(c3ccn(C4CC4)n3)=C(N3N=NCC3=O)C(=O)N2)c(F)c1. The molecule has 1 fully saturated rings. The van der Waals surface area contributed by atoms with Crippen LogP contribution in [-0.2, 0) is 15.1 Å². The smallest absolute Gasteiger partial charge is 0.272 e. The van der Waals surface area contributed by atoms with Crippen LogP contribution in [0.2, 0.25) is 0 Å². The van der Waals surface area contributed by atoms with Gasteiger partial charge in [0.1, 0.15) is 23.8 Å². The number of halogens is 1. The van der Waals surface area contributed by atoms with Crippen molar-refractivity contribution in [3.63, 3.8) is 0 Å². The van der Waals surface area contributed by atoms with Gasteiger partial charge in [-0.3, -0.25) is 14.3 Å². The fourth-order valence-corrected chi connectivity index (χ4v) is 4.38. The quantitative estimate of drug-likeness (QED) is 0.597. The van der Waals surface area contributed by atoms with E-state index in [1.54, 1.807) is 19.1 Å². The summed E-state index contributed by atoms with van der Waals surface area (Å²) in [5.74, 6) is -0.947. The highest BCUT2D eigenvalue weighted by Gasteiger charge is 2.43. The molecule has 3 heterocycles. The molecule has 1 atom stereocenters. The molecule has 9 nitrogen and oxygen atoms in total. The highest BCUT2D eigenvalue weighted by atomic mass is 19.1. The standard InChI is InChI=1S/C24H27FN6O3/c1-3-4-11-34-16-7-8-18(19(25)12-16)24(2)13-17(20-9-10-30(28-20)15-5-6-15)22(23(33)27-24)31-21(32)14-26-29-31/h7-10,12,15H,3-6,11,13-14H2,1-2H3,(H,27,33)/t24-/m0/s1. The van der Waals surface area contributed by atoms with Crippen molar-refractivity contribution in [1.82, 2.24) is 20.1 Å². The molecule has 2 aromatic rings. The van der Waals surface area contributed by atoms with Crippen LogP contribution < -0.4 is 10.1 Å². The van der Waals surface area contributed by atoms with Crippen molar-refractivity contribution in [1.29, 1.82) is 0 Å². The van der Waals surface area contributed by atoms with E-state index in [9.17, 15) is 9.59 Å². The third-order valence-electron chi connectivity index (χ3n) is 6.37. The maximum Gasteiger partial charge on any atom is 0.272 e. The van der Waals surface area contributed by atoms with Gasteiger partial charge in [0.05, 0.1) is 23.9 Å². The first-order valence-electron chi connectivity index (χ1n) is 11.6. The van der Waals surface area contributed by atoms with Crippen LogP contribution in [0.5, 0.6) is 5.75 Å². The van der Waals surface area contributed by atoms with Crippen molar-refractivity contribution in [2.45, 2.75) is 57.5 Å². The first-order chi connectivity index (χ1) is 16.4. The van der Waals surface area contributed by atoms with Crippen LogP contribution in [0.4, 0.5) is 4.39 Å². The Balaban J connectivity index is 1.52. The van der Waals surface area contributed by atoms with Crippen molar-refractivity contribution < 1.29 is 18.7 Å². The minimum Gasteiger partial charge on any atom is -0.493 e. The number of nitrogens with zero attached hydrogens (tertiary/aromatic N) is 5. The summed E-state index contributed by atoms with van der Waals surface area (Å²) >= 11 is 0. The maximum absolute atomic E-state index is 15.3. The maximum atomic E-state index is 15.3. The Labute approximate surface area is 196 Å². The van der Waals surface area contributed by atoms with Crippen molar-refractivity contribution in [2.75, 3.05) is 13.2 Å². The average molecular weight is 467 g/mol. The number of carbonyl (C=O) groups is 2. The Hall–Kier alpha value is -3.56. The molecule has 1 aromatic heterocycles. The Kier molecular flexibility index (Phi) is 5.66. The molecule has 0 saturated heterocycles. The second kappa shape index (κ2) is 8.66. The average Bonchev–Trinajstić information content (AvgIpc) is 3.38. The Morgan fingerprint density at radius 1 is 1.26 bits per heavy atom. The van der Waals surface area contributed by atoms with E-state index in [2.05, 4.69) is 27.7 Å². The Bertz CT molecular complexity index is 1200. The van der Waals surface area contributed by atoms with Gasteiger partial charge in [-0.2, -0.15) is 15.2 Å². The van der Waals surface area contributed by atoms with Crippen LogP contribution in [0.3, 0.4) is 0 Å². The number of amides is 2. The number of hydrogen-bond acceptors (Lipinski definition) is 6. The Morgan fingerprint density at radius 2 is 2.09 bits per heavy atom. The van der Waals surface area contributed by atoms with Gasteiger partial charge in [-0.25, -0.2) is 4.39 Å². The Morgan fingerprint density at radius 3 is 2.76 bits per heavy atom. The van der Waals surface area contributed by atoms with Crippen LogP contribution in [0.15, 0.2) is 46.5 Å². The molecule has 1 N–H and O–H groups in total. The summed E-state index contributed by atoms with van der Waals surface area (Å²) in [5.41, 5.74) is 0.451. The zero-order chi connectivity index (χ0) is 23.9. The van der Waals surface area contributed by atoms with Gasteiger partial charge in [-0.15, -0.1) is 0 Å². The number of nitrogens with one attached hydrogen (secondary N) is 1. The fourth-order valence-electron chi connectivity index (χ4n) is 4.38. The lowest BCUT2D eigenvalue weighted by Crippen LogP contribution is -2.51. The predicted molar refractivity (Wildman–Crippen MR) is 121 cm³/mol. The number of carbonyl (C=O) groups excluding carboxylic acids is 2.